The zero-order chi connectivity index (χ0) is 17.0. The normalized spacial score (nSPS) is 13.2. The van der Waals surface area contributed by atoms with Crippen LogP contribution in [0.3, 0.4) is 0 Å². The predicted octanol–water partition coefficient (Wildman–Crippen LogP) is 1.75. The lowest BCUT2D eigenvalue weighted by Gasteiger charge is -2.26. The molecule has 0 aliphatic rings. The van der Waals surface area contributed by atoms with E-state index in [4.69, 9.17) is 0 Å². The van der Waals surface area contributed by atoms with Crippen LogP contribution in [-0.2, 0) is 14.8 Å². The van der Waals surface area contributed by atoms with Gasteiger partial charge in [-0.05, 0) is 36.8 Å². The maximum Gasteiger partial charge on any atom is 0.322 e. The summed E-state index contributed by atoms with van der Waals surface area (Å²) in [5.41, 5.74) is 0.724. The lowest BCUT2D eigenvalue weighted by molar-refractivity contribution is -0.141. The number of benzene rings is 1. The van der Waals surface area contributed by atoms with Crippen molar-refractivity contribution in [1.29, 1.82) is 0 Å². The Balaban J connectivity index is 2.36. The number of carboxylic acid groups (broad SMARTS) is 1. The van der Waals surface area contributed by atoms with E-state index in [9.17, 15) is 18.3 Å². The van der Waals surface area contributed by atoms with Crippen LogP contribution in [0.5, 0.6) is 0 Å². The Morgan fingerprint density at radius 2 is 1.96 bits per heavy atom. The SMILES string of the molecule is CCC(C(=O)O)N(CC)S(=O)(=O)c1ccc(-n2cccn2)cc1. The first-order valence-electron chi connectivity index (χ1n) is 7.26. The number of likely N-dealkylation sites (N-methyl/N-ethyl adjacent to an activating group) is 1. The van der Waals surface area contributed by atoms with Gasteiger partial charge < -0.3 is 5.11 Å². The quantitative estimate of drug-likeness (QED) is 0.831. The van der Waals surface area contributed by atoms with Crippen molar-refractivity contribution in [3.63, 3.8) is 0 Å². The van der Waals surface area contributed by atoms with Crippen LogP contribution in [-0.4, -0.2) is 46.2 Å². The molecular weight excluding hydrogens is 318 g/mol. The molecule has 1 atom stereocenters. The van der Waals surface area contributed by atoms with Crippen LogP contribution in [0.25, 0.3) is 5.69 Å². The van der Waals surface area contributed by atoms with Crippen LogP contribution >= 0.6 is 0 Å². The summed E-state index contributed by atoms with van der Waals surface area (Å²) in [6, 6.07) is 6.89. The van der Waals surface area contributed by atoms with Crippen molar-refractivity contribution in [3.8, 4) is 5.69 Å². The predicted molar refractivity (Wildman–Crippen MR) is 84.8 cm³/mol. The number of hydrogen-bond donors (Lipinski definition) is 1. The van der Waals surface area contributed by atoms with Crippen molar-refractivity contribution in [2.24, 2.45) is 0 Å². The molecule has 2 rings (SSSR count). The summed E-state index contributed by atoms with van der Waals surface area (Å²) in [6.45, 7) is 3.37. The maximum absolute atomic E-state index is 12.7. The summed E-state index contributed by atoms with van der Waals surface area (Å²) in [4.78, 5) is 11.4. The van der Waals surface area contributed by atoms with Gasteiger partial charge in [-0.25, -0.2) is 13.1 Å². The molecule has 8 heteroatoms. The molecule has 0 amide bonds. The largest absolute Gasteiger partial charge is 0.480 e. The fraction of sp³-hybridized carbons (Fsp3) is 0.333. The molecule has 23 heavy (non-hydrogen) atoms. The number of sulfonamides is 1. The number of carbonyl (C=O) groups is 1. The average Bonchev–Trinajstić information content (AvgIpc) is 3.06. The van der Waals surface area contributed by atoms with Crippen LogP contribution in [0, 0.1) is 0 Å². The number of aromatic nitrogens is 2. The molecule has 1 unspecified atom stereocenters. The minimum Gasteiger partial charge on any atom is -0.480 e. The zero-order valence-corrected chi connectivity index (χ0v) is 13.8. The van der Waals surface area contributed by atoms with Gasteiger partial charge in [0.05, 0.1) is 10.6 Å². The van der Waals surface area contributed by atoms with Gasteiger partial charge in [0.1, 0.15) is 6.04 Å². The third-order valence-corrected chi connectivity index (χ3v) is 5.54. The van der Waals surface area contributed by atoms with E-state index in [2.05, 4.69) is 5.10 Å². The summed E-state index contributed by atoms with van der Waals surface area (Å²) in [5.74, 6) is -1.15. The van der Waals surface area contributed by atoms with E-state index in [1.165, 1.54) is 12.1 Å². The Hall–Kier alpha value is -2.19. The lowest BCUT2D eigenvalue weighted by Crippen LogP contribution is -2.44. The molecule has 1 N–H and O–H groups in total. The second-order valence-electron chi connectivity index (χ2n) is 4.92. The number of carboxylic acids is 1. The molecule has 0 radical (unpaired) electrons. The number of nitrogens with zero attached hydrogens (tertiary/aromatic N) is 3. The molecule has 0 spiro atoms. The standard InChI is InChI=1S/C15H19N3O4S/c1-3-14(15(19)20)18(4-2)23(21,22)13-8-6-12(7-9-13)17-11-5-10-16-17/h5-11,14H,3-4H2,1-2H3,(H,19,20). The highest BCUT2D eigenvalue weighted by Gasteiger charge is 2.33. The summed E-state index contributed by atoms with van der Waals surface area (Å²) in [6.07, 6.45) is 3.58. The van der Waals surface area contributed by atoms with Crippen molar-refractivity contribution in [1.82, 2.24) is 14.1 Å². The second-order valence-corrected chi connectivity index (χ2v) is 6.81. The van der Waals surface area contributed by atoms with Crippen LogP contribution in [0.15, 0.2) is 47.6 Å². The van der Waals surface area contributed by atoms with E-state index in [1.807, 2.05) is 0 Å². The highest BCUT2D eigenvalue weighted by atomic mass is 32.2. The van der Waals surface area contributed by atoms with Crippen LogP contribution < -0.4 is 0 Å². The first-order chi connectivity index (χ1) is 10.9. The molecule has 0 saturated heterocycles. The molecule has 1 aromatic carbocycles. The Morgan fingerprint density at radius 3 is 2.39 bits per heavy atom. The van der Waals surface area contributed by atoms with Crippen LogP contribution in [0.1, 0.15) is 20.3 Å². The molecule has 0 aliphatic carbocycles. The molecule has 7 nitrogen and oxygen atoms in total. The van der Waals surface area contributed by atoms with E-state index in [-0.39, 0.29) is 17.9 Å². The van der Waals surface area contributed by atoms with Gasteiger partial charge in [-0.2, -0.15) is 9.40 Å². The van der Waals surface area contributed by atoms with Crippen molar-refractivity contribution in [3.05, 3.63) is 42.7 Å². The van der Waals surface area contributed by atoms with E-state index < -0.39 is 22.0 Å². The second kappa shape index (κ2) is 6.93. The van der Waals surface area contributed by atoms with E-state index in [0.717, 1.165) is 9.99 Å². The van der Waals surface area contributed by atoms with Gasteiger partial charge in [0.25, 0.3) is 0 Å². The topological polar surface area (TPSA) is 92.5 Å². The molecule has 0 saturated carbocycles. The summed E-state index contributed by atoms with van der Waals surface area (Å²) >= 11 is 0. The smallest absolute Gasteiger partial charge is 0.322 e. The minimum atomic E-state index is -3.87. The molecule has 124 valence electrons. The third-order valence-electron chi connectivity index (χ3n) is 3.54. The third kappa shape index (κ3) is 3.43. The van der Waals surface area contributed by atoms with Gasteiger partial charge in [-0.3, -0.25) is 4.79 Å². The highest BCUT2D eigenvalue weighted by molar-refractivity contribution is 7.89. The summed E-state index contributed by atoms with van der Waals surface area (Å²) < 4.78 is 28.0. The molecular formula is C15H19N3O4S. The fourth-order valence-electron chi connectivity index (χ4n) is 2.39. The maximum atomic E-state index is 12.7. The Labute approximate surface area is 135 Å². The Bertz CT molecular complexity index is 755. The van der Waals surface area contributed by atoms with E-state index in [0.29, 0.717) is 0 Å². The first kappa shape index (κ1) is 17.2. The van der Waals surface area contributed by atoms with Gasteiger partial charge >= 0.3 is 5.97 Å². The van der Waals surface area contributed by atoms with E-state index in [1.54, 1.807) is 49.1 Å². The molecule has 1 aromatic heterocycles. The Morgan fingerprint density at radius 1 is 1.30 bits per heavy atom. The van der Waals surface area contributed by atoms with Crippen molar-refractivity contribution < 1.29 is 18.3 Å². The molecule has 0 bridgehead atoms. The number of hydrogen-bond acceptors (Lipinski definition) is 4. The van der Waals surface area contributed by atoms with Gasteiger partial charge in [0.15, 0.2) is 0 Å². The van der Waals surface area contributed by atoms with Gasteiger partial charge in [-0.1, -0.05) is 13.8 Å². The van der Waals surface area contributed by atoms with Crippen molar-refractivity contribution in [2.45, 2.75) is 31.2 Å². The van der Waals surface area contributed by atoms with Gasteiger partial charge in [0.2, 0.25) is 10.0 Å². The fourth-order valence-corrected chi connectivity index (χ4v) is 4.05. The van der Waals surface area contributed by atoms with Crippen LogP contribution in [0.4, 0.5) is 0 Å². The summed E-state index contributed by atoms with van der Waals surface area (Å²) in [7, 11) is -3.87. The first-order valence-corrected chi connectivity index (χ1v) is 8.70. The monoisotopic (exact) mass is 337 g/mol. The highest BCUT2D eigenvalue weighted by Crippen LogP contribution is 2.21. The van der Waals surface area contributed by atoms with Crippen LogP contribution in [0.2, 0.25) is 0 Å². The molecule has 0 aliphatic heterocycles. The van der Waals surface area contributed by atoms with Crippen molar-refractivity contribution >= 4 is 16.0 Å². The van der Waals surface area contributed by atoms with Gasteiger partial charge in [-0.15, -0.1) is 0 Å². The lowest BCUT2D eigenvalue weighted by atomic mass is 10.2. The Kier molecular flexibility index (Phi) is 5.17. The number of aliphatic carboxylic acids is 1. The molecule has 0 fully saturated rings. The average molecular weight is 337 g/mol. The van der Waals surface area contributed by atoms with E-state index >= 15 is 0 Å². The van der Waals surface area contributed by atoms with Crippen molar-refractivity contribution in [2.75, 3.05) is 6.54 Å². The zero-order valence-electron chi connectivity index (χ0n) is 13.0. The minimum absolute atomic E-state index is 0.0648. The summed E-state index contributed by atoms with van der Waals surface area (Å²) in [5, 5.41) is 13.3. The van der Waals surface area contributed by atoms with Gasteiger partial charge in [0, 0.05) is 18.9 Å². The molecule has 1 heterocycles. The number of rotatable bonds is 7. The molecule has 2 aromatic rings.